The second kappa shape index (κ2) is 10.5. The van der Waals surface area contributed by atoms with Gasteiger partial charge in [0, 0.05) is 21.4 Å². The molecule has 9 heteroatoms. The molecule has 5 nitrogen and oxygen atoms in total. The fraction of sp³-hybridized carbons (Fsp3) is 0.222. The Bertz CT molecular complexity index is 1370. The average Bonchev–Trinajstić information content (AvgIpc) is 3.18. The van der Waals surface area contributed by atoms with Crippen molar-refractivity contribution < 1.29 is 31.9 Å². The van der Waals surface area contributed by atoms with Gasteiger partial charge in [-0.1, -0.05) is 35.9 Å². The number of halogens is 4. The number of para-hydroxylation sites is 1. The van der Waals surface area contributed by atoms with Gasteiger partial charge >= 0.3 is 6.18 Å². The molecule has 1 aromatic heterocycles. The summed E-state index contributed by atoms with van der Waals surface area (Å²) in [4.78, 5) is 13.1. The third-order valence-electron chi connectivity index (χ3n) is 5.40. The van der Waals surface area contributed by atoms with Crippen LogP contribution in [0.15, 0.2) is 65.1 Å². The molecule has 188 valence electrons. The van der Waals surface area contributed by atoms with Crippen molar-refractivity contribution in [2.24, 2.45) is 0 Å². The van der Waals surface area contributed by atoms with Crippen LogP contribution in [-0.4, -0.2) is 19.1 Å². The summed E-state index contributed by atoms with van der Waals surface area (Å²) in [5, 5.41) is 4.01. The van der Waals surface area contributed by atoms with Crippen molar-refractivity contribution in [3.8, 4) is 22.8 Å². The highest BCUT2D eigenvalue weighted by atomic mass is 35.5. The summed E-state index contributed by atoms with van der Waals surface area (Å²) in [5.41, 5.74) is -0.611. The number of benzene rings is 3. The Morgan fingerprint density at radius 3 is 2.25 bits per heavy atom. The minimum Gasteiger partial charge on any atom is -0.492 e. The van der Waals surface area contributed by atoms with E-state index in [1.54, 1.807) is 30.3 Å². The first-order valence-electron chi connectivity index (χ1n) is 11.3. The SMILES string of the molecule is CCOc1cccc(OCC)c1NC(=O)Cc1oc(-c2ccccc2C(F)(F)F)c2cc(Cl)ccc12. The molecule has 3 aromatic carbocycles. The Morgan fingerprint density at radius 2 is 1.61 bits per heavy atom. The van der Waals surface area contributed by atoms with Gasteiger partial charge in [0.25, 0.3) is 0 Å². The van der Waals surface area contributed by atoms with Crippen molar-refractivity contribution >= 4 is 34.0 Å². The van der Waals surface area contributed by atoms with Crippen LogP contribution in [0.1, 0.15) is 25.2 Å². The number of nitrogens with one attached hydrogen (secondary N) is 1. The maximum absolute atomic E-state index is 13.7. The lowest BCUT2D eigenvalue weighted by molar-refractivity contribution is -0.137. The molecule has 0 unspecified atom stereocenters. The summed E-state index contributed by atoms with van der Waals surface area (Å²) in [5.74, 6) is 0.621. The zero-order chi connectivity index (χ0) is 25.9. The number of alkyl halides is 3. The van der Waals surface area contributed by atoms with Crippen LogP contribution in [0.4, 0.5) is 18.9 Å². The minimum atomic E-state index is -4.59. The summed E-state index contributed by atoms with van der Waals surface area (Å²) in [6.45, 7) is 4.40. The van der Waals surface area contributed by atoms with Crippen LogP contribution in [0.5, 0.6) is 11.5 Å². The second-order valence-corrected chi connectivity index (χ2v) is 8.24. The molecule has 36 heavy (non-hydrogen) atoms. The van der Waals surface area contributed by atoms with Crippen LogP contribution in [0.3, 0.4) is 0 Å². The van der Waals surface area contributed by atoms with Crippen LogP contribution in [0.2, 0.25) is 5.02 Å². The van der Waals surface area contributed by atoms with Gasteiger partial charge in [-0.05, 0) is 50.2 Å². The quantitative estimate of drug-likeness (QED) is 0.259. The number of hydrogen-bond acceptors (Lipinski definition) is 4. The van der Waals surface area contributed by atoms with Gasteiger partial charge in [-0.15, -0.1) is 0 Å². The third kappa shape index (κ3) is 5.28. The lowest BCUT2D eigenvalue weighted by Crippen LogP contribution is -2.16. The zero-order valence-electron chi connectivity index (χ0n) is 19.5. The number of rotatable bonds is 8. The fourth-order valence-corrected chi connectivity index (χ4v) is 4.13. The van der Waals surface area contributed by atoms with E-state index in [4.69, 9.17) is 25.5 Å². The summed E-state index contributed by atoms with van der Waals surface area (Å²) in [7, 11) is 0. The molecule has 4 aromatic rings. The highest BCUT2D eigenvalue weighted by molar-refractivity contribution is 6.31. The van der Waals surface area contributed by atoms with E-state index >= 15 is 0 Å². The van der Waals surface area contributed by atoms with Crippen molar-refractivity contribution in [2.45, 2.75) is 26.4 Å². The Labute approximate surface area is 210 Å². The summed E-state index contributed by atoms with van der Waals surface area (Å²) >= 11 is 6.15. The van der Waals surface area contributed by atoms with Gasteiger partial charge in [0.15, 0.2) is 0 Å². The van der Waals surface area contributed by atoms with Crippen LogP contribution in [0, 0.1) is 0 Å². The van der Waals surface area contributed by atoms with Crippen molar-refractivity contribution in [1.82, 2.24) is 0 Å². The molecule has 0 spiro atoms. The van der Waals surface area contributed by atoms with E-state index < -0.39 is 17.6 Å². The van der Waals surface area contributed by atoms with E-state index in [-0.39, 0.29) is 23.5 Å². The lowest BCUT2D eigenvalue weighted by atomic mass is 10.0. The standard InChI is InChI=1S/C27H23ClF3NO4/c1-3-34-21-10-7-11-22(35-4-2)25(21)32-24(33)15-23-17-13-12-16(28)14-19(17)26(36-23)18-8-5-6-9-20(18)27(29,30)31/h5-14H,3-4,15H2,1-2H3,(H,32,33). The van der Waals surface area contributed by atoms with Gasteiger partial charge in [0.05, 0.1) is 25.2 Å². The van der Waals surface area contributed by atoms with E-state index in [0.717, 1.165) is 6.07 Å². The summed E-state index contributed by atoms with van der Waals surface area (Å²) < 4.78 is 58.3. The van der Waals surface area contributed by atoms with Gasteiger partial charge in [0.1, 0.15) is 28.7 Å². The van der Waals surface area contributed by atoms with Crippen LogP contribution in [-0.2, 0) is 17.4 Å². The van der Waals surface area contributed by atoms with Gasteiger partial charge in [-0.2, -0.15) is 13.2 Å². The number of carbonyl (C=O) groups is 1. The maximum Gasteiger partial charge on any atom is 0.417 e. The fourth-order valence-electron chi connectivity index (χ4n) is 3.96. The molecule has 1 N–H and O–H groups in total. The first-order valence-corrected chi connectivity index (χ1v) is 11.7. The highest BCUT2D eigenvalue weighted by Gasteiger charge is 2.35. The van der Waals surface area contributed by atoms with Gasteiger partial charge in [-0.3, -0.25) is 4.79 Å². The van der Waals surface area contributed by atoms with Crippen LogP contribution >= 0.6 is 11.6 Å². The number of hydrogen-bond donors (Lipinski definition) is 1. The first-order chi connectivity index (χ1) is 17.2. The smallest absolute Gasteiger partial charge is 0.417 e. The number of furan rings is 1. The molecule has 1 heterocycles. The first kappa shape index (κ1) is 25.4. The molecule has 0 saturated heterocycles. The highest BCUT2D eigenvalue weighted by Crippen LogP contribution is 2.42. The molecule has 4 rings (SSSR count). The lowest BCUT2D eigenvalue weighted by Gasteiger charge is -2.15. The van der Waals surface area contributed by atoms with Gasteiger partial charge in [0.2, 0.25) is 5.91 Å². The number of carbonyl (C=O) groups excluding carboxylic acids is 1. The van der Waals surface area contributed by atoms with Crippen LogP contribution in [0.25, 0.3) is 22.1 Å². The zero-order valence-corrected chi connectivity index (χ0v) is 20.3. The number of ether oxygens (including phenoxy) is 2. The molecule has 0 bridgehead atoms. The molecule has 1 amide bonds. The Morgan fingerprint density at radius 1 is 0.944 bits per heavy atom. The number of anilines is 1. The Balaban J connectivity index is 1.74. The second-order valence-electron chi connectivity index (χ2n) is 7.81. The van der Waals surface area contributed by atoms with Crippen LogP contribution < -0.4 is 14.8 Å². The molecule has 0 aliphatic rings. The number of amides is 1. The largest absolute Gasteiger partial charge is 0.492 e. The average molecular weight is 518 g/mol. The minimum absolute atomic E-state index is 0.00653. The molecule has 0 fully saturated rings. The van der Waals surface area contributed by atoms with Crippen molar-refractivity contribution in [2.75, 3.05) is 18.5 Å². The van der Waals surface area contributed by atoms with E-state index in [1.165, 1.54) is 24.3 Å². The molecule has 0 radical (unpaired) electrons. The monoisotopic (exact) mass is 517 g/mol. The summed E-state index contributed by atoms with van der Waals surface area (Å²) in [6.07, 6.45) is -4.83. The Hall–Kier alpha value is -3.65. The van der Waals surface area contributed by atoms with E-state index in [0.29, 0.717) is 46.2 Å². The third-order valence-corrected chi connectivity index (χ3v) is 5.64. The molecule has 0 aliphatic heterocycles. The van der Waals surface area contributed by atoms with E-state index in [2.05, 4.69) is 5.32 Å². The van der Waals surface area contributed by atoms with E-state index in [9.17, 15) is 18.0 Å². The molecule has 0 atom stereocenters. The van der Waals surface area contributed by atoms with Crippen molar-refractivity contribution in [3.05, 3.63) is 77.0 Å². The molecule has 0 saturated carbocycles. The predicted molar refractivity (Wildman–Crippen MR) is 133 cm³/mol. The van der Waals surface area contributed by atoms with Crippen molar-refractivity contribution in [3.63, 3.8) is 0 Å². The topological polar surface area (TPSA) is 60.7 Å². The van der Waals surface area contributed by atoms with Gasteiger partial charge in [-0.25, -0.2) is 0 Å². The molecule has 0 aliphatic carbocycles. The summed E-state index contributed by atoms with van der Waals surface area (Å²) in [6, 6.07) is 15.0. The molecular formula is C27H23ClF3NO4. The maximum atomic E-state index is 13.7. The predicted octanol–water partition coefficient (Wildman–Crippen LogP) is 7.75. The number of fused-ring (bicyclic) bond motifs is 1. The van der Waals surface area contributed by atoms with E-state index in [1.807, 2.05) is 13.8 Å². The van der Waals surface area contributed by atoms with Crippen molar-refractivity contribution in [1.29, 1.82) is 0 Å². The molecular weight excluding hydrogens is 495 g/mol. The normalized spacial score (nSPS) is 11.5. The van der Waals surface area contributed by atoms with Gasteiger partial charge < -0.3 is 19.2 Å². The Kier molecular flexibility index (Phi) is 7.45.